The molecule has 2 aliphatic rings. The first-order valence-electron chi connectivity index (χ1n) is 11.9. The highest BCUT2D eigenvalue weighted by Gasteiger charge is 2.57. The van der Waals surface area contributed by atoms with E-state index in [1.165, 1.54) is 11.3 Å². The number of nitrogens with zero attached hydrogens (tertiary/aromatic N) is 4. The molecule has 0 aromatic carbocycles. The molecule has 0 saturated heterocycles. The summed E-state index contributed by atoms with van der Waals surface area (Å²) in [4.78, 5) is 18.6. The van der Waals surface area contributed by atoms with E-state index in [1.54, 1.807) is 13.3 Å². The SMILES string of the molecule is COC[C@@H](C)Nc1nc(C)c(-c2nc3c(C)nccc3s2)c(N[C@@H]2C[C@H](C3(O)CC3)[C@@H](O)[C@H]2O)n1. The van der Waals surface area contributed by atoms with Crippen LogP contribution < -0.4 is 10.6 Å². The Kier molecular flexibility index (Phi) is 6.39. The largest absolute Gasteiger partial charge is 0.390 e. The molecule has 5 rings (SSSR count). The third-order valence-electron chi connectivity index (χ3n) is 7.04. The molecule has 2 aliphatic carbocycles. The van der Waals surface area contributed by atoms with Crippen molar-refractivity contribution >= 4 is 33.3 Å². The van der Waals surface area contributed by atoms with Crippen molar-refractivity contribution in [2.45, 2.75) is 69.9 Å². The van der Waals surface area contributed by atoms with Gasteiger partial charge in [0.15, 0.2) is 0 Å². The zero-order chi connectivity index (χ0) is 24.9. The molecule has 2 saturated carbocycles. The van der Waals surface area contributed by atoms with Gasteiger partial charge >= 0.3 is 0 Å². The maximum absolute atomic E-state index is 10.8. The van der Waals surface area contributed by atoms with Crippen LogP contribution in [0.25, 0.3) is 20.8 Å². The number of aliphatic hydroxyl groups excluding tert-OH is 2. The minimum Gasteiger partial charge on any atom is -0.390 e. The van der Waals surface area contributed by atoms with Crippen molar-refractivity contribution in [3.05, 3.63) is 23.7 Å². The predicted molar refractivity (Wildman–Crippen MR) is 135 cm³/mol. The van der Waals surface area contributed by atoms with Crippen LogP contribution in [0.5, 0.6) is 0 Å². The van der Waals surface area contributed by atoms with E-state index in [-0.39, 0.29) is 12.0 Å². The van der Waals surface area contributed by atoms with E-state index in [1.807, 2.05) is 26.8 Å². The Balaban J connectivity index is 1.54. The van der Waals surface area contributed by atoms with Crippen LogP contribution in [0.3, 0.4) is 0 Å². The van der Waals surface area contributed by atoms with E-state index in [2.05, 4.69) is 20.6 Å². The summed E-state index contributed by atoms with van der Waals surface area (Å²) in [5.41, 5.74) is 2.26. The van der Waals surface area contributed by atoms with Crippen LogP contribution in [0.1, 0.15) is 37.6 Å². The maximum atomic E-state index is 10.8. The van der Waals surface area contributed by atoms with E-state index in [4.69, 9.17) is 14.7 Å². The molecular weight excluding hydrogens is 468 g/mol. The van der Waals surface area contributed by atoms with Gasteiger partial charge in [0, 0.05) is 25.3 Å². The van der Waals surface area contributed by atoms with E-state index >= 15 is 0 Å². The molecule has 10 nitrogen and oxygen atoms in total. The number of aromatic nitrogens is 4. The summed E-state index contributed by atoms with van der Waals surface area (Å²) in [5.74, 6) is 0.577. The summed E-state index contributed by atoms with van der Waals surface area (Å²) in [7, 11) is 1.64. The quantitative estimate of drug-likeness (QED) is 0.312. The number of pyridine rings is 1. The molecule has 5 atom stereocenters. The fraction of sp³-hybridized carbons (Fsp3) is 0.583. The normalized spacial score (nSPS) is 26.1. The number of hydrogen-bond acceptors (Lipinski definition) is 11. The summed E-state index contributed by atoms with van der Waals surface area (Å²) in [6.07, 6.45) is 1.48. The Labute approximate surface area is 207 Å². The molecule has 3 aromatic rings. The fourth-order valence-electron chi connectivity index (χ4n) is 4.98. The number of fused-ring (bicyclic) bond motifs is 1. The Morgan fingerprint density at radius 1 is 1.17 bits per heavy atom. The smallest absolute Gasteiger partial charge is 0.225 e. The summed E-state index contributed by atoms with van der Waals surface area (Å²) in [6, 6.07) is 1.45. The number of aryl methyl sites for hydroxylation is 2. The first kappa shape index (κ1) is 24.3. The topological polar surface area (TPSA) is 146 Å². The first-order chi connectivity index (χ1) is 16.7. The predicted octanol–water partition coefficient (Wildman–Crippen LogP) is 2.26. The average Bonchev–Trinajstić information content (AvgIpc) is 3.28. The van der Waals surface area contributed by atoms with Crippen LogP contribution in [0.2, 0.25) is 0 Å². The zero-order valence-corrected chi connectivity index (χ0v) is 21.1. The van der Waals surface area contributed by atoms with Crippen molar-refractivity contribution in [3.63, 3.8) is 0 Å². The van der Waals surface area contributed by atoms with Gasteiger partial charge in [-0.2, -0.15) is 4.98 Å². The number of hydrogen-bond donors (Lipinski definition) is 5. The van der Waals surface area contributed by atoms with Crippen LogP contribution in [0, 0.1) is 19.8 Å². The Morgan fingerprint density at radius 3 is 2.63 bits per heavy atom. The highest BCUT2D eigenvalue weighted by molar-refractivity contribution is 7.21. The van der Waals surface area contributed by atoms with Gasteiger partial charge in [0.1, 0.15) is 22.4 Å². The van der Waals surface area contributed by atoms with Crippen molar-refractivity contribution in [2.24, 2.45) is 5.92 Å². The van der Waals surface area contributed by atoms with E-state index in [9.17, 15) is 15.3 Å². The van der Waals surface area contributed by atoms with Gasteiger partial charge in [-0.05, 0) is 46.1 Å². The van der Waals surface area contributed by atoms with Crippen LogP contribution in [-0.4, -0.2) is 78.9 Å². The summed E-state index contributed by atoms with van der Waals surface area (Å²) < 4.78 is 6.24. The lowest BCUT2D eigenvalue weighted by Gasteiger charge is -2.22. The standard InChI is InChI=1S/C24H32N6O4S/c1-11(10-34-4)26-23-27-12(2)17(22-29-18-13(3)25-8-5-16(18)35-22)21(30-23)28-15-9-14(19(31)20(15)32)24(33)6-7-24/h5,8,11,14-15,19-20,31-33H,6-7,9-10H2,1-4H3,(H2,26,27,28,30)/t11-,14+,15-,19-,20+/m1/s1. The van der Waals surface area contributed by atoms with Crippen LogP contribution in [-0.2, 0) is 4.74 Å². The van der Waals surface area contributed by atoms with Gasteiger partial charge in [-0.15, -0.1) is 11.3 Å². The molecule has 2 fully saturated rings. The highest BCUT2D eigenvalue weighted by atomic mass is 32.1. The summed E-state index contributed by atoms with van der Waals surface area (Å²) in [6.45, 7) is 6.30. The van der Waals surface area contributed by atoms with Crippen molar-refractivity contribution in [3.8, 4) is 10.6 Å². The monoisotopic (exact) mass is 500 g/mol. The molecule has 0 spiro atoms. The van der Waals surface area contributed by atoms with Crippen molar-refractivity contribution in [2.75, 3.05) is 24.4 Å². The van der Waals surface area contributed by atoms with Gasteiger partial charge in [0.05, 0.1) is 46.0 Å². The number of methoxy groups -OCH3 is 1. The first-order valence-corrected chi connectivity index (χ1v) is 12.7. The molecule has 188 valence electrons. The molecule has 3 aromatic heterocycles. The maximum Gasteiger partial charge on any atom is 0.225 e. The Hall–Kier alpha value is -2.44. The van der Waals surface area contributed by atoms with Crippen LogP contribution in [0.15, 0.2) is 12.3 Å². The van der Waals surface area contributed by atoms with Crippen molar-refractivity contribution in [1.29, 1.82) is 0 Å². The molecule has 0 aliphatic heterocycles. The molecule has 3 heterocycles. The number of ether oxygens (including phenoxy) is 1. The Morgan fingerprint density at radius 2 is 1.94 bits per heavy atom. The van der Waals surface area contributed by atoms with E-state index in [0.29, 0.717) is 37.6 Å². The number of rotatable bonds is 8. The molecule has 35 heavy (non-hydrogen) atoms. The summed E-state index contributed by atoms with van der Waals surface area (Å²) >= 11 is 1.53. The van der Waals surface area contributed by atoms with E-state index in [0.717, 1.165) is 32.2 Å². The third-order valence-corrected chi connectivity index (χ3v) is 8.08. The lowest BCUT2D eigenvalue weighted by Crippen LogP contribution is -2.37. The van der Waals surface area contributed by atoms with Gasteiger partial charge in [-0.3, -0.25) is 4.98 Å². The fourth-order valence-corrected chi connectivity index (χ4v) is 6.09. The number of nitrogens with one attached hydrogen (secondary N) is 2. The lowest BCUT2D eigenvalue weighted by molar-refractivity contribution is -0.0312. The number of anilines is 2. The minimum absolute atomic E-state index is 0.0124. The average molecular weight is 501 g/mol. The molecule has 0 bridgehead atoms. The molecule has 0 amide bonds. The van der Waals surface area contributed by atoms with Crippen LogP contribution >= 0.6 is 11.3 Å². The molecule has 5 N–H and O–H groups in total. The highest BCUT2D eigenvalue weighted by Crippen LogP contribution is 2.50. The van der Waals surface area contributed by atoms with Gasteiger partial charge in [-0.1, -0.05) is 0 Å². The zero-order valence-electron chi connectivity index (χ0n) is 20.3. The molecule has 0 radical (unpaired) electrons. The van der Waals surface area contributed by atoms with Gasteiger partial charge in [0.25, 0.3) is 0 Å². The minimum atomic E-state index is -1.03. The third kappa shape index (κ3) is 4.58. The molecule has 11 heteroatoms. The molecule has 0 unspecified atom stereocenters. The second-order valence-corrected chi connectivity index (χ2v) is 10.8. The van der Waals surface area contributed by atoms with Crippen LogP contribution in [0.4, 0.5) is 11.8 Å². The van der Waals surface area contributed by atoms with E-state index < -0.39 is 23.9 Å². The van der Waals surface area contributed by atoms with Gasteiger partial charge < -0.3 is 30.7 Å². The number of aliphatic hydroxyl groups is 3. The second kappa shape index (κ2) is 9.21. The van der Waals surface area contributed by atoms with Crippen molar-refractivity contribution in [1.82, 2.24) is 19.9 Å². The number of thiazole rings is 1. The van der Waals surface area contributed by atoms with Gasteiger partial charge in [0.2, 0.25) is 5.95 Å². The van der Waals surface area contributed by atoms with Crippen molar-refractivity contribution < 1.29 is 20.1 Å². The second-order valence-electron chi connectivity index (χ2n) is 9.80. The van der Waals surface area contributed by atoms with Gasteiger partial charge in [-0.25, -0.2) is 9.97 Å². The Bertz CT molecular complexity index is 1230. The summed E-state index contributed by atoms with van der Waals surface area (Å²) in [5, 5.41) is 39.5. The molecular formula is C24H32N6O4S. The lowest BCUT2D eigenvalue weighted by atomic mass is 9.96.